The fourth-order valence-corrected chi connectivity index (χ4v) is 3.33. The second-order valence-corrected chi connectivity index (χ2v) is 7.35. The van der Waals surface area contributed by atoms with Crippen LogP contribution in [0.1, 0.15) is 31.1 Å². The van der Waals surface area contributed by atoms with Crippen molar-refractivity contribution in [2.45, 2.75) is 26.3 Å². The Morgan fingerprint density at radius 3 is 2.86 bits per heavy atom. The van der Waals surface area contributed by atoms with Gasteiger partial charge in [0.15, 0.2) is 0 Å². The van der Waals surface area contributed by atoms with Crippen LogP contribution in [0.25, 0.3) is 22.2 Å². The number of rotatable bonds is 4. The SMILES string of the molecule is CCOc1ccc2cc(-c3nn4c(c3C(N)=O)NC(=O)OCC4(C)C)ccc2n1. The van der Waals surface area contributed by atoms with Crippen molar-refractivity contribution >= 4 is 28.7 Å². The Kier molecular flexibility index (Phi) is 4.37. The van der Waals surface area contributed by atoms with E-state index in [-0.39, 0.29) is 18.0 Å². The van der Waals surface area contributed by atoms with Gasteiger partial charge in [-0.15, -0.1) is 0 Å². The Morgan fingerprint density at radius 1 is 1.34 bits per heavy atom. The lowest BCUT2D eigenvalue weighted by molar-refractivity contribution is 0.100. The number of nitrogens with zero attached hydrogens (tertiary/aromatic N) is 3. The Hall–Kier alpha value is -3.62. The molecule has 2 amide bonds. The van der Waals surface area contributed by atoms with Crippen molar-refractivity contribution in [1.82, 2.24) is 14.8 Å². The molecule has 0 radical (unpaired) electrons. The van der Waals surface area contributed by atoms with Crippen molar-refractivity contribution in [3.05, 3.63) is 35.9 Å². The third-order valence-corrected chi connectivity index (χ3v) is 4.71. The predicted molar refractivity (Wildman–Crippen MR) is 107 cm³/mol. The molecule has 9 heteroatoms. The summed E-state index contributed by atoms with van der Waals surface area (Å²) < 4.78 is 12.2. The number of ether oxygens (including phenoxy) is 2. The van der Waals surface area contributed by atoms with E-state index in [0.29, 0.717) is 23.7 Å². The molecule has 3 aromatic rings. The average molecular weight is 395 g/mol. The molecule has 0 fully saturated rings. The molecule has 150 valence electrons. The van der Waals surface area contributed by atoms with E-state index in [0.717, 1.165) is 10.9 Å². The van der Waals surface area contributed by atoms with Gasteiger partial charge in [0.05, 0.1) is 17.7 Å². The molecule has 3 heterocycles. The summed E-state index contributed by atoms with van der Waals surface area (Å²) >= 11 is 0. The summed E-state index contributed by atoms with van der Waals surface area (Å²) in [4.78, 5) is 28.7. The minimum Gasteiger partial charge on any atom is -0.478 e. The van der Waals surface area contributed by atoms with Gasteiger partial charge < -0.3 is 15.2 Å². The van der Waals surface area contributed by atoms with Crippen molar-refractivity contribution in [2.75, 3.05) is 18.5 Å². The van der Waals surface area contributed by atoms with Crippen LogP contribution in [-0.4, -0.2) is 40.0 Å². The lowest BCUT2D eigenvalue weighted by Gasteiger charge is -2.22. The molecular weight excluding hydrogens is 374 g/mol. The van der Waals surface area contributed by atoms with E-state index < -0.39 is 17.5 Å². The van der Waals surface area contributed by atoms with Crippen LogP contribution in [0.3, 0.4) is 0 Å². The second kappa shape index (κ2) is 6.77. The number of fused-ring (bicyclic) bond motifs is 2. The van der Waals surface area contributed by atoms with E-state index in [1.54, 1.807) is 10.7 Å². The molecule has 0 unspecified atom stereocenters. The van der Waals surface area contributed by atoms with Gasteiger partial charge >= 0.3 is 6.09 Å². The van der Waals surface area contributed by atoms with E-state index in [2.05, 4.69) is 15.4 Å². The second-order valence-electron chi connectivity index (χ2n) is 7.35. The fourth-order valence-electron chi connectivity index (χ4n) is 3.33. The zero-order valence-electron chi connectivity index (χ0n) is 16.4. The van der Waals surface area contributed by atoms with Gasteiger partial charge in [0.2, 0.25) is 5.88 Å². The summed E-state index contributed by atoms with van der Waals surface area (Å²) in [7, 11) is 0. The molecule has 2 aromatic heterocycles. The number of cyclic esters (lactones) is 1. The highest BCUT2D eigenvalue weighted by atomic mass is 16.6. The van der Waals surface area contributed by atoms with Crippen LogP contribution in [0.15, 0.2) is 30.3 Å². The van der Waals surface area contributed by atoms with Crippen molar-refractivity contribution < 1.29 is 19.1 Å². The number of benzene rings is 1. The normalized spacial score (nSPS) is 15.2. The number of nitrogens with two attached hydrogens (primary N) is 1. The molecule has 9 nitrogen and oxygen atoms in total. The number of hydrogen-bond donors (Lipinski definition) is 2. The topological polar surface area (TPSA) is 121 Å². The minimum atomic E-state index is -0.691. The summed E-state index contributed by atoms with van der Waals surface area (Å²) in [6.45, 7) is 6.25. The molecule has 0 saturated carbocycles. The number of amides is 2. The summed E-state index contributed by atoms with van der Waals surface area (Å²) in [6.07, 6.45) is -0.656. The number of carbonyl (C=O) groups excluding carboxylic acids is 2. The van der Waals surface area contributed by atoms with E-state index in [4.69, 9.17) is 15.2 Å². The molecule has 3 N–H and O–H groups in total. The van der Waals surface area contributed by atoms with Gasteiger partial charge in [0.1, 0.15) is 23.7 Å². The largest absolute Gasteiger partial charge is 0.478 e. The third kappa shape index (κ3) is 3.24. The van der Waals surface area contributed by atoms with Gasteiger partial charge in [-0.3, -0.25) is 10.1 Å². The maximum absolute atomic E-state index is 12.3. The monoisotopic (exact) mass is 395 g/mol. The van der Waals surface area contributed by atoms with Crippen molar-refractivity contribution in [3.8, 4) is 17.1 Å². The number of carbonyl (C=O) groups is 2. The zero-order chi connectivity index (χ0) is 20.8. The first-order chi connectivity index (χ1) is 13.8. The number of nitrogens with one attached hydrogen (secondary N) is 1. The molecule has 0 saturated heterocycles. The summed E-state index contributed by atoms with van der Waals surface area (Å²) in [5.74, 6) is 0.0813. The van der Waals surface area contributed by atoms with Gasteiger partial charge in [-0.05, 0) is 39.0 Å². The zero-order valence-corrected chi connectivity index (χ0v) is 16.4. The molecule has 0 aliphatic carbocycles. The molecule has 0 bridgehead atoms. The number of primary amides is 1. The Labute approximate surface area is 166 Å². The fraction of sp³-hybridized carbons (Fsp3) is 0.300. The van der Waals surface area contributed by atoms with Crippen LogP contribution in [0, 0.1) is 0 Å². The quantitative estimate of drug-likeness (QED) is 0.700. The first-order valence-electron chi connectivity index (χ1n) is 9.21. The molecule has 0 atom stereocenters. The molecule has 29 heavy (non-hydrogen) atoms. The smallest absolute Gasteiger partial charge is 0.412 e. The van der Waals surface area contributed by atoms with E-state index in [9.17, 15) is 9.59 Å². The Morgan fingerprint density at radius 2 is 2.14 bits per heavy atom. The summed E-state index contributed by atoms with van der Waals surface area (Å²) in [5.41, 5.74) is 6.95. The van der Waals surface area contributed by atoms with Gasteiger partial charge in [-0.2, -0.15) is 5.10 Å². The van der Waals surface area contributed by atoms with E-state index in [1.165, 1.54) is 0 Å². The molecule has 1 aliphatic heterocycles. The summed E-state index contributed by atoms with van der Waals surface area (Å²) in [5, 5.41) is 8.06. The van der Waals surface area contributed by atoms with Gasteiger partial charge in [-0.25, -0.2) is 14.5 Å². The van der Waals surface area contributed by atoms with Crippen LogP contribution in [0.5, 0.6) is 5.88 Å². The average Bonchev–Trinajstić information content (AvgIpc) is 3.02. The van der Waals surface area contributed by atoms with Crippen molar-refractivity contribution in [2.24, 2.45) is 5.73 Å². The molecule has 1 aliphatic rings. The Bertz CT molecular complexity index is 1140. The van der Waals surface area contributed by atoms with Crippen LogP contribution in [-0.2, 0) is 10.3 Å². The van der Waals surface area contributed by atoms with E-state index in [1.807, 2.05) is 45.0 Å². The highest BCUT2D eigenvalue weighted by Crippen LogP contribution is 2.35. The lowest BCUT2D eigenvalue weighted by Crippen LogP contribution is -2.31. The molecule has 1 aromatic carbocycles. The van der Waals surface area contributed by atoms with E-state index >= 15 is 0 Å². The first kappa shape index (κ1) is 18.7. The standard InChI is InChI=1S/C20H21N5O4/c1-4-28-14-8-6-11-9-12(5-7-13(11)22-14)16-15(17(21)26)18-23-19(27)29-10-20(2,3)25(18)24-16/h5-9H,4,10H2,1-3H3,(H2,21,26)(H,23,27). The van der Waals surface area contributed by atoms with Crippen LogP contribution in [0.4, 0.5) is 10.6 Å². The number of hydrogen-bond acceptors (Lipinski definition) is 6. The molecule has 0 spiro atoms. The number of aromatic nitrogens is 3. The summed E-state index contributed by atoms with van der Waals surface area (Å²) in [6, 6.07) is 9.19. The van der Waals surface area contributed by atoms with Crippen LogP contribution in [0.2, 0.25) is 0 Å². The Balaban J connectivity index is 1.89. The van der Waals surface area contributed by atoms with Crippen LogP contribution >= 0.6 is 0 Å². The molecular formula is C20H21N5O4. The van der Waals surface area contributed by atoms with Crippen molar-refractivity contribution in [3.63, 3.8) is 0 Å². The highest BCUT2D eigenvalue weighted by Gasteiger charge is 2.35. The third-order valence-electron chi connectivity index (χ3n) is 4.71. The lowest BCUT2D eigenvalue weighted by atomic mass is 10.0. The first-order valence-corrected chi connectivity index (χ1v) is 9.21. The highest BCUT2D eigenvalue weighted by molar-refractivity contribution is 6.06. The number of anilines is 1. The molecule has 4 rings (SSSR count). The van der Waals surface area contributed by atoms with Crippen molar-refractivity contribution in [1.29, 1.82) is 0 Å². The minimum absolute atomic E-state index is 0.104. The van der Waals surface area contributed by atoms with Gasteiger partial charge in [0, 0.05) is 17.0 Å². The van der Waals surface area contributed by atoms with Crippen LogP contribution < -0.4 is 15.8 Å². The maximum Gasteiger partial charge on any atom is 0.412 e. The predicted octanol–water partition coefficient (Wildman–Crippen LogP) is 2.89. The van der Waals surface area contributed by atoms with Gasteiger partial charge in [-0.1, -0.05) is 6.07 Å². The van der Waals surface area contributed by atoms with Gasteiger partial charge in [0.25, 0.3) is 5.91 Å². The number of pyridine rings is 1. The maximum atomic E-state index is 12.3.